The number of hydrogen-bond acceptors (Lipinski definition) is 4. The van der Waals surface area contributed by atoms with E-state index in [4.69, 9.17) is 44.3 Å². The summed E-state index contributed by atoms with van der Waals surface area (Å²) in [6.07, 6.45) is 0. The average Bonchev–Trinajstić information content (AvgIpc) is 3.25. The zero-order valence-corrected chi connectivity index (χ0v) is 19.0. The fourth-order valence-corrected chi connectivity index (χ4v) is 4.95. The lowest BCUT2D eigenvalue weighted by Gasteiger charge is -2.43. The molecule has 0 aliphatic carbocycles. The second kappa shape index (κ2) is 8.79. The molecule has 1 saturated heterocycles. The van der Waals surface area contributed by atoms with Crippen LogP contribution in [0.25, 0.3) is 0 Å². The minimum atomic E-state index is 0.124. The average molecular weight is 476 g/mol. The smallest absolute Gasteiger partial charge is 0.231 e. The third-order valence-corrected chi connectivity index (χ3v) is 6.60. The van der Waals surface area contributed by atoms with Crippen LogP contribution in [0.4, 0.5) is 5.69 Å². The fraction of sp³-hybridized carbons (Fsp3) is 0.250. The molecule has 2 aliphatic heterocycles. The second-order valence-electron chi connectivity index (χ2n) is 7.74. The van der Waals surface area contributed by atoms with Crippen LogP contribution < -0.4 is 14.4 Å². The summed E-state index contributed by atoms with van der Waals surface area (Å²) in [4.78, 5) is 4.80. The zero-order chi connectivity index (χ0) is 21.4. The highest BCUT2D eigenvalue weighted by Crippen LogP contribution is 2.39. The van der Waals surface area contributed by atoms with E-state index >= 15 is 0 Å². The van der Waals surface area contributed by atoms with Crippen molar-refractivity contribution in [2.75, 3.05) is 31.3 Å². The van der Waals surface area contributed by atoms with Crippen LogP contribution in [0.15, 0.2) is 60.7 Å². The van der Waals surface area contributed by atoms with Crippen LogP contribution in [0, 0.1) is 0 Å². The van der Waals surface area contributed by atoms with Gasteiger partial charge in [0, 0.05) is 41.8 Å². The predicted molar refractivity (Wildman–Crippen MR) is 126 cm³/mol. The van der Waals surface area contributed by atoms with Crippen LogP contribution in [0.5, 0.6) is 11.5 Å². The van der Waals surface area contributed by atoms with E-state index in [9.17, 15) is 0 Å². The maximum atomic E-state index is 6.58. The summed E-state index contributed by atoms with van der Waals surface area (Å²) in [6.45, 7) is 3.64. The molecular formula is C24H21Cl3N2O2. The molecular weight excluding hydrogens is 455 g/mol. The molecule has 0 amide bonds. The van der Waals surface area contributed by atoms with Crippen LogP contribution in [0.2, 0.25) is 15.1 Å². The Bertz CT molecular complexity index is 1090. The molecule has 4 nitrogen and oxygen atoms in total. The van der Waals surface area contributed by atoms with E-state index in [-0.39, 0.29) is 12.8 Å². The highest BCUT2D eigenvalue weighted by atomic mass is 35.5. The third-order valence-electron chi connectivity index (χ3n) is 5.81. The Morgan fingerprint density at radius 3 is 2.48 bits per heavy atom. The number of ether oxygens (including phenoxy) is 2. The second-order valence-corrected chi connectivity index (χ2v) is 9.02. The number of fused-ring (bicyclic) bond motifs is 1. The molecule has 1 unspecified atom stereocenters. The van der Waals surface area contributed by atoms with Crippen molar-refractivity contribution in [2.24, 2.45) is 0 Å². The molecule has 0 radical (unpaired) electrons. The highest BCUT2D eigenvalue weighted by Gasteiger charge is 2.30. The van der Waals surface area contributed by atoms with E-state index in [2.05, 4.69) is 28.0 Å². The largest absolute Gasteiger partial charge is 0.454 e. The molecule has 0 aromatic heterocycles. The first kappa shape index (κ1) is 20.8. The van der Waals surface area contributed by atoms with Crippen molar-refractivity contribution < 1.29 is 9.47 Å². The Kier molecular flexibility index (Phi) is 5.89. The molecule has 7 heteroatoms. The summed E-state index contributed by atoms with van der Waals surface area (Å²) in [6, 6.07) is 19.9. The Morgan fingerprint density at radius 1 is 0.871 bits per heavy atom. The standard InChI is InChI=1S/C24H21Cl3N2O2/c25-18-6-4-16(5-7-18)22-14-28(13-17-2-1-3-23-24(17)31-15-30-23)10-11-29(22)21-9-8-19(26)12-20(21)27/h1-9,12,22H,10-11,13-15H2. The number of anilines is 1. The van der Waals surface area contributed by atoms with Gasteiger partial charge in [-0.25, -0.2) is 0 Å². The number of hydrogen-bond donors (Lipinski definition) is 0. The van der Waals surface area contributed by atoms with Gasteiger partial charge >= 0.3 is 0 Å². The summed E-state index contributed by atoms with van der Waals surface area (Å²) in [5.41, 5.74) is 3.32. The maximum Gasteiger partial charge on any atom is 0.231 e. The van der Waals surface area contributed by atoms with Crippen molar-refractivity contribution in [3.05, 3.63) is 86.9 Å². The van der Waals surface area contributed by atoms with Gasteiger partial charge in [0.25, 0.3) is 0 Å². The Hall–Kier alpha value is -2.11. The normalized spacial score (nSPS) is 18.4. The van der Waals surface area contributed by atoms with Gasteiger partial charge in [0.2, 0.25) is 6.79 Å². The van der Waals surface area contributed by atoms with Gasteiger partial charge in [0.05, 0.1) is 16.8 Å². The lowest BCUT2D eigenvalue weighted by molar-refractivity contribution is 0.170. The lowest BCUT2D eigenvalue weighted by Crippen LogP contribution is -2.48. The molecule has 3 aromatic carbocycles. The molecule has 2 aliphatic rings. The van der Waals surface area contributed by atoms with E-state index in [1.165, 1.54) is 5.56 Å². The molecule has 0 N–H and O–H groups in total. The summed E-state index contributed by atoms with van der Waals surface area (Å²) in [5.74, 6) is 1.67. The summed E-state index contributed by atoms with van der Waals surface area (Å²) < 4.78 is 11.2. The highest BCUT2D eigenvalue weighted by molar-refractivity contribution is 6.36. The molecule has 3 aromatic rings. The molecule has 0 bridgehead atoms. The van der Waals surface area contributed by atoms with Gasteiger partial charge in [-0.15, -0.1) is 0 Å². The molecule has 2 heterocycles. The number of para-hydroxylation sites is 1. The third kappa shape index (κ3) is 4.31. The SMILES string of the molecule is Clc1ccc(C2CN(Cc3cccc4c3OCO4)CCN2c2ccc(Cl)cc2Cl)cc1. The maximum absolute atomic E-state index is 6.58. The van der Waals surface area contributed by atoms with Gasteiger partial charge in [-0.1, -0.05) is 59.1 Å². The van der Waals surface area contributed by atoms with E-state index in [0.717, 1.165) is 54.0 Å². The number of benzene rings is 3. The van der Waals surface area contributed by atoms with Gasteiger partial charge in [-0.2, -0.15) is 0 Å². The zero-order valence-electron chi connectivity index (χ0n) is 16.7. The Morgan fingerprint density at radius 2 is 1.68 bits per heavy atom. The van der Waals surface area contributed by atoms with Crippen LogP contribution in [-0.2, 0) is 6.54 Å². The van der Waals surface area contributed by atoms with E-state index in [1.807, 2.05) is 36.4 Å². The summed E-state index contributed by atoms with van der Waals surface area (Å²) >= 11 is 18.9. The van der Waals surface area contributed by atoms with Crippen molar-refractivity contribution >= 4 is 40.5 Å². The minimum absolute atomic E-state index is 0.124. The molecule has 160 valence electrons. The molecule has 31 heavy (non-hydrogen) atoms. The van der Waals surface area contributed by atoms with Crippen molar-refractivity contribution in [3.63, 3.8) is 0 Å². The number of rotatable bonds is 4. The lowest BCUT2D eigenvalue weighted by atomic mass is 10.0. The van der Waals surface area contributed by atoms with Gasteiger partial charge in [0.1, 0.15) is 0 Å². The number of halogens is 3. The van der Waals surface area contributed by atoms with Gasteiger partial charge in [-0.3, -0.25) is 4.90 Å². The molecule has 0 saturated carbocycles. The Labute approximate surface area is 196 Å². The minimum Gasteiger partial charge on any atom is -0.454 e. The van der Waals surface area contributed by atoms with Crippen molar-refractivity contribution in [3.8, 4) is 11.5 Å². The topological polar surface area (TPSA) is 24.9 Å². The van der Waals surface area contributed by atoms with Crippen LogP contribution in [0.1, 0.15) is 17.2 Å². The molecule has 5 rings (SSSR count). The first-order valence-electron chi connectivity index (χ1n) is 10.2. The van der Waals surface area contributed by atoms with Crippen molar-refractivity contribution in [2.45, 2.75) is 12.6 Å². The number of piperazine rings is 1. The molecule has 0 spiro atoms. The monoisotopic (exact) mass is 474 g/mol. The van der Waals surface area contributed by atoms with E-state index in [1.54, 1.807) is 6.07 Å². The van der Waals surface area contributed by atoms with Gasteiger partial charge in [-0.05, 0) is 42.0 Å². The van der Waals surface area contributed by atoms with Crippen LogP contribution in [0.3, 0.4) is 0 Å². The quantitative estimate of drug-likeness (QED) is 0.433. The van der Waals surface area contributed by atoms with Gasteiger partial charge in [0.15, 0.2) is 11.5 Å². The summed E-state index contributed by atoms with van der Waals surface area (Å²) in [7, 11) is 0. The Balaban J connectivity index is 1.44. The van der Waals surface area contributed by atoms with Crippen LogP contribution >= 0.6 is 34.8 Å². The predicted octanol–water partition coefficient (Wildman–Crippen LogP) is 6.44. The van der Waals surface area contributed by atoms with Crippen LogP contribution in [-0.4, -0.2) is 31.3 Å². The van der Waals surface area contributed by atoms with Crippen molar-refractivity contribution in [1.29, 1.82) is 0 Å². The van der Waals surface area contributed by atoms with E-state index in [0.29, 0.717) is 10.0 Å². The van der Waals surface area contributed by atoms with E-state index < -0.39 is 0 Å². The molecule has 1 atom stereocenters. The first-order chi connectivity index (χ1) is 15.1. The molecule has 1 fully saturated rings. The summed E-state index contributed by atoms with van der Waals surface area (Å²) in [5, 5.41) is 2.02. The van der Waals surface area contributed by atoms with Gasteiger partial charge < -0.3 is 14.4 Å². The number of nitrogens with zero attached hydrogens (tertiary/aromatic N) is 2. The van der Waals surface area contributed by atoms with Crippen molar-refractivity contribution in [1.82, 2.24) is 4.90 Å². The first-order valence-corrected chi connectivity index (χ1v) is 11.3. The fourth-order valence-electron chi connectivity index (χ4n) is 4.31.